The molecular weight excluding hydrogens is 807 g/mol. The molecule has 4 aromatic rings. The van der Waals surface area contributed by atoms with Crippen LogP contribution < -0.4 is 0 Å². The molecule has 0 aliphatic heterocycles. The predicted octanol–water partition coefficient (Wildman–Crippen LogP) is 6.89. The van der Waals surface area contributed by atoms with Crippen LogP contribution >= 0.6 is 15.9 Å². The molecule has 0 aliphatic carbocycles. The van der Waals surface area contributed by atoms with Crippen LogP contribution in [0.3, 0.4) is 0 Å². The second kappa shape index (κ2) is 24.8. The molecule has 0 radical (unpaired) electrons. The Labute approximate surface area is 318 Å². The first kappa shape index (κ1) is 51.5. The molecule has 0 saturated carbocycles. The van der Waals surface area contributed by atoms with E-state index in [-0.39, 0.29) is 67.9 Å². The summed E-state index contributed by atoms with van der Waals surface area (Å²) in [6.07, 6.45) is 4.09. The first-order valence-corrected chi connectivity index (χ1v) is 14.0. The summed E-state index contributed by atoms with van der Waals surface area (Å²) in [4.78, 5) is 32.5. The van der Waals surface area contributed by atoms with Crippen molar-refractivity contribution in [2.45, 2.75) is 66.2 Å². The second-order valence-corrected chi connectivity index (χ2v) is 12.1. The summed E-state index contributed by atoms with van der Waals surface area (Å²) < 4.78 is 31.9. The minimum Gasteiger partial charge on any atom is -0.512 e. The zero-order valence-electron chi connectivity index (χ0n) is 28.4. The minimum atomic E-state index is -0.439. The molecule has 2 heterocycles. The summed E-state index contributed by atoms with van der Waals surface area (Å²) >= 11 is 3.25. The number of nitrogens with zero attached hydrogens (tertiary/aromatic N) is 7. The molecule has 0 fully saturated rings. The van der Waals surface area contributed by atoms with Gasteiger partial charge in [0, 0.05) is 35.3 Å². The van der Waals surface area contributed by atoms with Crippen molar-refractivity contribution in [1.29, 1.82) is 15.8 Å². The van der Waals surface area contributed by atoms with Gasteiger partial charge in [0.25, 0.3) is 0 Å². The van der Waals surface area contributed by atoms with Crippen molar-refractivity contribution in [1.82, 2.24) is 19.6 Å². The standard InChI is InChI=1S/C15H16FN3.C14H16BrFN2.2CN.2CO2.2Zn/c1-10-12(15(2,3)4)9-18-19(10)14-6-5-11(8-17)7-13(14)16;1-9-11(14(2,3)4)8-17-18(9)13-6-5-10(15)7-12(13)16;2*1-2;2*2-1-3;;/h5-7,9H,1-4H3;5-8H,1-4H3;;;;;;/q;;2*-1;;;;+2. The van der Waals surface area contributed by atoms with Crippen LogP contribution in [0.4, 0.5) is 8.78 Å². The Morgan fingerprint density at radius 3 is 1.31 bits per heavy atom. The average molecular weight is 839 g/mol. The number of benzene rings is 2. The van der Waals surface area contributed by atoms with Crippen LogP contribution in [-0.2, 0) is 69.0 Å². The number of hydrogen-bond acceptors (Lipinski definition) is 9. The Balaban J connectivity index is -0.000000317. The number of rotatable bonds is 2. The van der Waals surface area contributed by atoms with Crippen LogP contribution in [-0.4, -0.2) is 31.9 Å². The molecule has 0 amide bonds. The zero-order chi connectivity index (χ0) is 37.1. The van der Waals surface area contributed by atoms with E-state index in [2.05, 4.69) is 67.7 Å². The van der Waals surface area contributed by atoms with Crippen molar-refractivity contribution in [3.8, 4) is 17.4 Å². The van der Waals surface area contributed by atoms with Gasteiger partial charge in [0.15, 0.2) is 0 Å². The Hall–Kier alpha value is -4.32. The number of aromatic nitrogens is 4. The molecule has 49 heavy (non-hydrogen) atoms. The van der Waals surface area contributed by atoms with E-state index in [9.17, 15) is 8.78 Å². The first-order valence-electron chi connectivity index (χ1n) is 13.2. The minimum absolute atomic E-state index is 0. The van der Waals surface area contributed by atoms with Gasteiger partial charge in [-0.05, 0) is 72.2 Å². The quantitative estimate of drug-likeness (QED) is 0.154. The summed E-state index contributed by atoms with van der Waals surface area (Å²) in [5.74, 6) is -0.721. The largest absolute Gasteiger partial charge is 2.00 e. The Morgan fingerprint density at radius 1 is 0.714 bits per heavy atom. The van der Waals surface area contributed by atoms with Gasteiger partial charge >= 0.3 is 31.8 Å². The molecule has 11 nitrogen and oxygen atoms in total. The second-order valence-electron chi connectivity index (χ2n) is 11.2. The molecule has 248 valence electrons. The van der Waals surface area contributed by atoms with E-state index in [1.54, 1.807) is 33.8 Å². The zero-order valence-corrected chi connectivity index (χ0v) is 36.0. The fraction of sp³-hybridized carbons (Fsp3) is 0.303. The van der Waals surface area contributed by atoms with Crippen molar-refractivity contribution < 1.29 is 66.9 Å². The molecule has 0 aliphatic rings. The van der Waals surface area contributed by atoms with E-state index in [1.165, 1.54) is 12.1 Å². The summed E-state index contributed by atoms with van der Waals surface area (Å²) in [6.45, 7) is 26.0. The summed E-state index contributed by atoms with van der Waals surface area (Å²) in [6, 6.07) is 11.3. The van der Waals surface area contributed by atoms with Gasteiger partial charge in [0.05, 0.1) is 24.0 Å². The molecule has 0 unspecified atom stereocenters. The third-order valence-electron chi connectivity index (χ3n) is 6.08. The van der Waals surface area contributed by atoms with E-state index in [0.29, 0.717) is 16.9 Å². The van der Waals surface area contributed by atoms with E-state index >= 15 is 0 Å². The van der Waals surface area contributed by atoms with Gasteiger partial charge < -0.3 is 23.7 Å². The van der Waals surface area contributed by atoms with Crippen LogP contribution in [0.5, 0.6) is 0 Å². The molecule has 4 rings (SSSR count). The molecule has 2 aromatic carbocycles. The van der Waals surface area contributed by atoms with Crippen molar-refractivity contribution in [3.63, 3.8) is 0 Å². The van der Waals surface area contributed by atoms with Gasteiger partial charge in [-0.1, -0.05) is 57.5 Å². The monoisotopic (exact) mass is 835 g/mol. The van der Waals surface area contributed by atoms with Crippen LogP contribution in [0.15, 0.2) is 53.3 Å². The van der Waals surface area contributed by atoms with Crippen molar-refractivity contribution in [2.75, 3.05) is 0 Å². The Morgan fingerprint density at radius 2 is 1.04 bits per heavy atom. The SMILES string of the molecule is Cc1c(C(C)(C)C)cnn1-c1ccc(Br)cc1F.Cc1c(C(C)(C)C)cnn1-c1ccc(C#N)cc1F.O=C=O.O=C=O.[C-]#N.[C-]#N.[Zn+2].[Zn]. The van der Waals surface area contributed by atoms with Gasteiger partial charge in [-0.15, -0.1) is 0 Å². The summed E-state index contributed by atoms with van der Waals surface area (Å²) in [5, 5.41) is 29.8. The van der Waals surface area contributed by atoms with Crippen LogP contribution in [0.2, 0.25) is 0 Å². The van der Waals surface area contributed by atoms with E-state index in [4.69, 9.17) is 48.1 Å². The Bertz CT molecular complexity index is 1760. The van der Waals surface area contributed by atoms with Crippen molar-refractivity contribution in [3.05, 3.63) is 106 Å². The normalized spacial score (nSPS) is 9.18. The van der Waals surface area contributed by atoms with Crippen LogP contribution in [0, 0.1) is 60.5 Å². The molecule has 0 atom stereocenters. The fourth-order valence-electron chi connectivity index (χ4n) is 4.18. The van der Waals surface area contributed by atoms with E-state index in [0.717, 1.165) is 27.0 Å². The molecule has 16 heteroatoms. The third-order valence-corrected chi connectivity index (χ3v) is 6.57. The van der Waals surface area contributed by atoms with Gasteiger partial charge in [-0.3, -0.25) is 0 Å². The maximum Gasteiger partial charge on any atom is 2.00 e. The van der Waals surface area contributed by atoms with Crippen LogP contribution in [0.25, 0.3) is 11.4 Å². The first-order chi connectivity index (χ1) is 22.0. The van der Waals surface area contributed by atoms with Gasteiger partial charge in [-0.2, -0.15) is 34.6 Å². The third kappa shape index (κ3) is 15.6. The summed E-state index contributed by atoms with van der Waals surface area (Å²) in [7, 11) is 0. The van der Waals surface area contributed by atoms with Gasteiger partial charge in [-0.25, -0.2) is 18.1 Å². The van der Waals surface area contributed by atoms with E-state index < -0.39 is 5.82 Å². The topological polar surface area (TPSA) is 175 Å². The van der Waals surface area contributed by atoms with Gasteiger partial charge in [0.1, 0.15) is 23.0 Å². The molecule has 0 spiro atoms. The van der Waals surface area contributed by atoms with Crippen molar-refractivity contribution >= 4 is 28.2 Å². The molecular formula is C33H32BrF2N7O4Zn2. The fourth-order valence-corrected chi connectivity index (χ4v) is 4.51. The number of halogens is 3. The van der Waals surface area contributed by atoms with Gasteiger partial charge in [0.2, 0.25) is 0 Å². The maximum atomic E-state index is 14.0. The summed E-state index contributed by atoms with van der Waals surface area (Å²) in [5.41, 5.74) is 5.22. The molecule has 0 bridgehead atoms. The predicted molar refractivity (Wildman–Crippen MR) is 166 cm³/mol. The van der Waals surface area contributed by atoms with E-state index in [1.807, 2.05) is 32.2 Å². The molecule has 0 saturated heterocycles. The number of hydrogen-bond donors (Lipinski definition) is 0. The number of nitriles is 1. The molecule has 0 N–H and O–H groups in total. The average Bonchev–Trinajstić information content (AvgIpc) is 3.59. The maximum absolute atomic E-state index is 14.0. The van der Waals surface area contributed by atoms with Crippen molar-refractivity contribution in [2.24, 2.45) is 0 Å². The Kier molecular flexibility index (Phi) is 26.0. The van der Waals surface area contributed by atoms with Crippen LogP contribution in [0.1, 0.15) is 69.6 Å². The number of carbonyl (C=O) groups excluding carboxylic acids is 4. The molecule has 2 aromatic heterocycles. The smallest absolute Gasteiger partial charge is 0.512 e.